The lowest BCUT2D eigenvalue weighted by atomic mass is 9.93. The average molecular weight is 341 g/mol. The molecule has 2 nitrogen and oxygen atoms in total. The second-order valence-corrected chi connectivity index (χ2v) is 6.50. The molecule has 0 aliphatic heterocycles. The van der Waals surface area contributed by atoms with Crippen LogP contribution in [0.2, 0.25) is 10.2 Å². The average Bonchev–Trinajstić information content (AvgIpc) is 2.54. The normalized spacial score (nSPS) is 11.0. The number of halogens is 2. The molecule has 0 aliphatic carbocycles. The number of hydrogen-bond acceptors (Lipinski definition) is 2. The molecule has 3 rings (SSSR count). The maximum atomic E-state index is 9.56. The van der Waals surface area contributed by atoms with Crippen molar-refractivity contribution >= 4 is 34.1 Å². The Labute approximate surface area is 145 Å². The van der Waals surface area contributed by atoms with Crippen LogP contribution < -0.4 is 0 Å². The van der Waals surface area contributed by atoms with Gasteiger partial charge in [0.15, 0.2) is 0 Å². The summed E-state index contributed by atoms with van der Waals surface area (Å²) in [6.07, 6.45) is 0. The summed E-state index contributed by atoms with van der Waals surface area (Å²) in [6, 6.07) is 15.8. The maximum Gasteiger partial charge on any atom is 0.148 e. The first-order valence-electron chi connectivity index (χ1n) is 7.30. The molecule has 0 unspecified atom stereocenters. The molecule has 1 aromatic heterocycles. The van der Waals surface area contributed by atoms with Crippen molar-refractivity contribution in [3.63, 3.8) is 0 Å². The van der Waals surface area contributed by atoms with Crippen LogP contribution in [0.3, 0.4) is 0 Å². The minimum absolute atomic E-state index is 0.215. The minimum Gasteiger partial charge on any atom is -0.235 e. The Morgan fingerprint density at radius 3 is 2.57 bits per heavy atom. The molecule has 3 aromatic rings. The maximum absolute atomic E-state index is 9.56. The molecule has 23 heavy (non-hydrogen) atoms. The van der Waals surface area contributed by atoms with E-state index in [9.17, 15) is 5.26 Å². The number of nitriles is 1. The molecule has 0 aliphatic rings. The van der Waals surface area contributed by atoms with Crippen LogP contribution in [0.15, 0.2) is 42.5 Å². The summed E-state index contributed by atoms with van der Waals surface area (Å²) in [4.78, 5) is 4.32. The standard InChI is InChI=1S/C19H14Cl2N2/c1-11(2)12-4-3-5-13(8-12)18-15-9-14(20)6-7-17(15)23-19(21)16(18)10-22/h3-9,11H,1-2H3. The quantitative estimate of drug-likeness (QED) is 0.520. The van der Waals surface area contributed by atoms with Crippen molar-refractivity contribution in [1.29, 1.82) is 5.26 Å². The monoisotopic (exact) mass is 340 g/mol. The molecule has 0 spiro atoms. The van der Waals surface area contributed by atoms with Crippen molar-refractivity contribution in [2.75, 3.05) is 0 Å². The highest BCUT2D eigenvalue weighted by molar-refractivity contribution is 6.33. The molecule has 0 saturated carbocycles. The van der Waals surface area contributed by atoms with Gasteiger partial charge in [0, 0.05) is 16.0 Å². The second-order valence-electron chi connectivity index (χ2n) is 5.71. The first-order valence-corrected chi connectivity index (χ1v) is 8.06. The molecule has 0 N–H and O–H groups in total. The van der Waals surface area contributed by atoms with Crippen molar-refractivity contribution < 1.29 is 0 Å². The van der Waals surface area contributed by atoms with Gasteiger partial charge >= 0.3 is 0 Å². The third kappa shape index (κ3) is 2.91. The Balaban J connectivity index is 2.41. The lowest BCUT2D eigenvalue weighted by Gasteiger charge is -2.13. The fraction of sp³-hybridized carbons (Fsp3) is 0.158. The lowest BCUT2D eigenvalue weighted by Crippen LogP contribution is -1.94. The molecule has 1 heterocycles. The van der Waals surface area contributed by atoms with Gasteiger partial charge in [-0.05, 0) is 35.2 Å². The summed E-state index contributed by atoms with van der Waals surface area (Å²) >= 11 is 12.4. The van der Waals surface area contributed by atoms with Gasteiger partial charge in [0.2, 0.25) is 0 Å². The summed E-state index contributed by atoms with van der Waals surface area (Å²) in [5.41, 5.74) is 4.04. The van der Waals surface area contributed by atoms with Gasteiger partial charge in [0.05, 0.1) is 11.1 Å². The number of hydrogen-bond donors (Lipinski definition) is 0. The van der Waals surface area contributed by atoms with Crippen LogP contribution in [0.5, 0.6) is 0 Å². The number of fused-ring (bicyclic) bond motifs is 1. The molecule has 0 saturated heterocycles. The second kappa shape index (κ2) is 6.20. The summed E-state index contributed by atoms with van der Waals surface area (Å²) in [5, 5.41) is 11.2. The molecule has 0 amide bonds. The zero-order valence-corrected chi connectivity index (χ0v) is 14.3. The number of aromatic nitrogens is 1. The molecular weight excluding hydrogens is 327 g/mol. The van der Waals surface area contributed by atoms with Crippen molar-refractivity contribution in [1.82, 2.24) is 4.98 Å². The molecular formula is C19H14Cl2N2. The number of benzene rings is 2. The Kier molecular flexibility index (Phi) is 4.26. The van der Waals surface area contributed by atoms with Crippen LogP contribution in [-0.2, 0) is 0 Å². The van der Waals surface area contributed by atoms with Crippen LogP contribution in [0.1, 0.15) is 30.9 Å². The topological polar surface area (TPSA) is 36.7 Å². The van der Waals surface area contributed by atoms with Gasteiger partial charge in [-0.2, -0.15) is 5.26 Å². The van der Waals surface area contributed by atoms with E-state index in [0.29, 0.717) is 16.5 Å². The van der Waals surface area contributed by atoms with Gasteiger partial charge in [-0.3, -0.25) is 0 Å². The van der Waals surface area contributed by atoms with E-state index in [1.165, 1.54) is 5.56 Å². The van der Waals surface area contributed by atoms with Crippen LogP contribution in [0, 0.1) is 11.3 Å². The molecule has 0 radical (unpaired) electrons. The van der Waals surface area contributed by atoms with E-state index in [1.54, 1.807) is 6.07 Å². The number of rotatable bonds is 2. The van der Waals surface area contributed by atoms with Crippen LogP contribution in [0.25, 0.3) is 22.0 Å². The van der Waals surface area contributed by atoms with E-state index in [4.69, 9.17) is 23.2 Å². The third-order valence-corrected chi connectivity index (χ3v) is 4.37. The third-order valence-electron chi connectivity index (χ3n) is 3.86. The van der Waals surface area contributed by atoms with Crippen molar-refractivity contribution in [3.8, 4) is 17.2 Å². The first-order chi connectivity index (χ1) is 11.0. The predicted molar refractivity (Wildman–Crippen MR) is 96.0 cm³/mol. The van der Waals surface area contributed by atoms with E-state index in [2.05, 4.69) is 37.0 Å². The fourth-order valence-electron chi connectivity index (χ4n) is 2.66. The molecule has 0 bridgehead atoms. The van der Waals surface area contributed by atoms with E-state index in [-0.39, 0.29) is 5.15 Å². The summed E-state index contributed by atoms with van der Waals surface area (Å²) in [5.74, 6) is 0.396. The molecule has 0 fully saturated rings. The summed E-state index contributed by atoms with van der Waals surface area (Å²) < 4.78 is 0. The smallest absolute Gasteiger partial charge is 0.148 e. The van der Waals surface area contributed by atoms with Crippen LogP contribution in [-0.4, -0.2) is 4.98 Å². The molecule has 4 heteroatoms. The SMILES string of the molecule is CC(C)c1cccc(-c2c(C#N)c(Cl)nc3ccc(Cl)cc23)c1. The van der Waals surface area contributed by atoms with Crippen molar-refractivity contribution in [2.24, 2.45) is 0 Å². The first kappa shape index (κ1) is 15.8. The largest absolute Gasteiger partial charge is 0.235 e. The Morgan fingerprint density at radius 1 is 1.09 bits per heavy atom. The summed E-state index contributed by atoms with van der Waals surface area (Å²) in [7, 11) is 0. The molecule has 2 aromatic carbocycles. The van der Waals surface area contributed by atoms with Crippen LogP contribution in [0.4, 0.5) is 0 Å². The van der Waals surface area contributed by atoms with Gasteiger partial charge < -0.3 is 0 Å². The number of nitrogens with zero attached hydrogens (tertiary/aromatic N) is 2. The van der Waals surface area contributed by atoms with Gasteiger partial charge in [-0.15, -0.1) is 0 Å². The van der Waals surface area contributed by atoms with E-state index >= 15 is 0 Å². The van der Waals surface area contributed by atoms with E-state index in [0.717, 1.165) is 22.0 Å². The van der Waals surface area contributed by atoms with Gasteiger partial charge in [0.25, 0.3) is 0 Å². The van der Waals surface area contributed by atoms with Crippen molar-refractivity contribution in [3.05, 3.63) is 63.8 Å². The highest BCUT2D eigenvalue weighted by Gasteiger charge is 2.16. The highest BCUT2D eigenvalue weighted by atomic mass is 35.5. The zero-order valence-electron chi connectivity index (χ0n) is 12.8. The molecule has 0 atom stereocenters. The fourth-order valence-corrected chi connectivity index (χ4v) is 3.06. The minimum atomic E-state index is 0.215. The Hall–Kier alpha value is -2.08. The summed E-state index contributed by atoms with van der Waals surface area (Å²) in [6.45, 7) is 4.28. The molecule has 114 valence electrons. The van der Waals surface area contributed by atoms with Gasteiger partial charge in [0.1, 0.15) is 11.2 Å². The van der Waals surface area contributed by atoms with Gasteiger partial charge in [-0.25, -0.2) is 4.98 Å². The van der Waals surface area contributed by atoms with Gasteiger partial charge in [-0.1, -0.05) is 61.3 Å². The van der Waals surface area contributed by atoms with E-state index in [1.807, 2.05) is 24.3 Å². The highest BCUT2D eigenvalue weighted by Crippen LogP contribution is 2.36. The Morgan fingerprint density at radius 2 is 1.87 bits per heavy atom. The predicted octanol–water partition coefficient (Wildman–Crippen LogP) is 6.20. The van der Waals surface area contributed by atoms with Crippen LogP contribution >= 0.6 is 23.2 Å². The van der Waals surface area contributed by atoms with Crippen molar-refractivity contribution in [2.45, 2.75) is 19.8 Å². The zero-order chi connectivity index (χ0) is 16.6. The Bertz CT molecular complexity index is 940. The number of pyridine rings is 1. The lowest BCUT2D eigenvalue weighted by molar-refractivity contribution is 0.867. The van der Waals surface area contributed by atoms with E-state index < -0.39 is 0 Å².